The maximum Gasteiger partial charge on any atom is 0.254 e. The molecule has 0 saturated carbocycles. The molecule has 0 bridgehead atoms. The lowest BCUT2D eigenvalue weighted by Crippen LogP contribution is -2.44. The van der Waals surface area contributed by atoms with Crippen LogP contribution >= 0.6 is 0 Å². The summed E-state index contributed by atoms with van der Waals surface area (Å²) in [4.78, 5) is 17.1. The van der Waals surface area contributed by atoms with Crippen LogP contribution in [0.5, 0.6) is 23.1 Å². The second-order valence-corrected chi connectivity index (χ2v) is 7.86. The van der Waals surface area contributed by atoms with Crippen LogP contribution in [0.1, 0.15) is 44.0 Å². The van der Waals surface area contributed by atoms with Gasteiger partial charge in [-0.25, -0.2) is 0 Å². The van der Waals surface area contributed by atoms with Crippen molar-refractivity contribution < 1.29 is 23.7 Å². The van der Waals surface area contributed by atoms with Gasteiger partial charge >= 0.3 is 0 Å². The minimum atomic E-state index is -0.150. The molecule has 9 heteroatoms. The molecule has 2 heterocycles. The number of rotatable bonds is 10. The van der Waals surface area contributed by atoms with E-state index in [2.05, 4.69) is 10.2 Å². The van der Waals surface area contributed by atoms with Gasteiger partial charge in [-0.15, -0.1) is 10.2 Å². The first-order valence-electron chi connectivity index (χ1n) is 11.5. The second-order valence-electron chi connectivity index (χ2n) is 7.86. The topological polar surface area (TPSA) is 86.2 Å². The first-order valence-corrected chi connectivity index (χ1v) is 11.5. The van der Waals surface area contributed by atoms with Gasteiger partial charge in [-0.1, -0.05) is 0 Å². The smallest absolute Gasteiger partial charge is 0.254 e. The maximum atomic E-state index is 13.4. The first-order chi connectivity index (χ1) is 16.0. The molecule has 9 nitrogen and oxygen atoms in total. The molecular weight excluding hydrogens is 424 g/mol. The van der Waals surface area contributed by atoms with E-state index in [9.17, 15) is 4.79 Å². The summed E-state index contributed by atoms with van der Waals surface area (Å²) in [6.45, 7) is 8.19. The number of aromatic nitrogens is 2. The third-order valence-electron chi connectivity index (χ3n) is 5.19. The number of benzene rings is 1. The summed E-state index contributed by atoms with van der Waals surface area (Å²) in [5, 5.41) is 8.30. The predicted octanol–water partition coefficient (Wildman–Crippen LogP) is 3.42. The van der Waals surface area contributed by atoms with Crippen LogP contribution in [0.3, 0.4) is 0 Å². The van der Waals surface area contributed by atoms with Crippen molar-refractivity contribution in [1.82, 2.24) is 15.1 Å². The number of anilines is 1. The molecule has 1 aliphatic rings. The number of piperidine rings is 1. The molecule has 1 aliphatic heterocycles. The molecule has 0 aliphatic carbocycles. The molecule has 1 atom stereocenters. The highest BCUT2D eigenvalue weighted by molar-refractivity contribution is 5.95. The minimum Gasteiger partial charge on any atom is -0.490 e. The average Bonchev–Trinajstić information content (AvgIpc) is 2.81. The Morgan fingerprint density at radius 1 is 1.03 bits per heavy atom. The van der Waals surface area contributed by atoms with Gasteiger partial charge in [0.25, 0.3) is 5.91 Å². The van der Waals surface area contributed by atoms with Crippen molar-refractivity contribution in [2.75, 3.05) is 51.9 Å². The molecule has 33 heavy (non-hydrogen) atoms. The summed E-state index contributed by atoms with van der Waals surface area (Å²) in [7, 11) is 3.81. The highest BCUT2D eigenvalue weighted by Crippen LogP contribution is 2.39. The van der Waals surface area contributed by atoms with Gasteiger partial charge in [-0.2, -0.15) is 0 Å². The van der Waals surface area contributed by atoms with Crippen molar-refractivity contribution in [2.45, 2.75) is 39.7 Å². The number of likely N-dealkylation sites (tertiary alicyclic amines) is 1. The Bertz CT molecular complexity index is 893. The van der Waals surface area contributed by atoms with Crippen molar-refractivity contribution in [2.24, 2.45) is 0 Å². The van der Waals surface area contributed by atoms with E-state index in [1.54, 1.807) is 23.1 Å². The SMILES string of the molecule is CCOc1cc(C(=O)N2CCCC(Oc3ccc(N(C)C)nn3)C2)cc(OCC)c1OCC. The van der Waals surface area contributed by atoms with E-state index in [1.165, 1.54) is 0 Å². The zero-order valence-electron chi connectivity index (χ0n) is 20.2. The molecule has 180 valence electrons. The highest BCUT2D eigenvalue weighted by Gasteiger charge is 2.28. The summed E-state index contributed by atoms with van der Waals surface area (Å²) < 4.78 is 23.3. The fourth-order valence-electron chi connectivity index (χ4n) is 3.70. The van der Waals surface area contributed by atoms with Gasteiger partial charge in [0.15, 0.2) is 17.3 Å². The van der Waals surface area contributed by atoms with Gasteiger partial charge < -0.3 is 28.7 Å². The van der Waals surface area contributed by atoms with Crippen LogP contribution in [-0.4, -0.2) is 74.1 Å². The van der Waals surface area contributed by atoms with Crippen LogP contribution < -0.4 is 23.8 Å². The molecule has 1 fully saturated rings. The lowest BCUT2D eigenvalue weighted by Gasteiger charge is -2.32. The Morgan fingerprint density at radius 3 is 2.24 bits per heavy atom. The van der Waals surface area contributed by atoms with Gasteiger partial charge in [-0.05, 0) is 51.8 Å². The van der Waals surface area contributed by atoms with E-state index in [0.29, 0.717) is 61.6 Å². The third kappa shape index (κ3) is 6.18. The van der Waals surface area contributed by atoms with E-state index in [4.69, 9.17) is 18.9 Å². The fraction of sp³-hybridized carbons (Fsp3) is 0.542. The largest absolute Gasteiger partial charge is 0.490 e. The molecule has 0 N–H and O–H groups in total. The van der Waals surface area contributed by atoms with Crippen molar-refractivity contribution in [1.29, 1.82) is 0 Å². The van der Waals surface area contributed by atoms with E-state index < -0.39 is 0 Å². The molecule has 3 rings (SSSR count). The standard InChI is InChI=1S/C24H34N4O5/c1-6-30-19-14-17(15-20(31-7-2)23(19)32-8-3)24(29)28-13-9-10-18(16-28)33-22-12-11-21(25-26-22)27(4)5/h11-12,14-15,18H,6-10,13,16H2,1-5H3. The van der Waals surface area contributed by atoms with Crippen LogP contribution in [0.25, 0.3) is 0 Å². The Hall–Kier alpha value is -3.23. The molecule has 1 amide bonds. The minimum absolute atomic E-state index is 0.0951. The van der Waals surface area contributed by atoms with Crippen molar-refractivity contribution in [3.63, 3.8) is 0 Å². The Morgan fingerprint density at radius 2 is 1.70 bits per heavy atom. The summed E-state index contributed by atoms with van der Waals surface area (Å²) in [5.74, 6) is 2.66. The summed E-state index contributed by atoms with van der Waals surface area (Å²) in [6.07, 6.45) is 1.54. The monoisotopic (exact) mass is 458 g/mol. The molecule has 1 saturated heterocycles. The van der Waals surface area contributed by atoms with Crippen LogP contribution in [0.2, 0.25) is 0 Å². The van der Waals surface area contributed by atoms with Gasteiger partial charge in [0.1, 0.15) is 6.10 Å². The summed E-state index contributed by atoms with van der Waals surface area (Å²) >= 11 is 0. The van der Waals surface area contributed by atoms with Crippen LogP contribution in [0.15, 0.2) is 24.3 Å². The maximum absolute atomic E-state index is 13.4. The van der Waals surface area contributed by atoms with Gasteiger partial charge in [-0.3, -0.25) is 4.79 Å². The lowest BCUT2D eigenvalue weighted by atomic mass is 10.1. The molecule has 2 aromatic rings. The summed E-state index contributed by atoms with van der Waals surface area (Å²) in [5.41, 5.74) is 0.501. The van der Waals surface area contributed by atoms with Crippen LogP contribution in [0, 0.1) is 0 Å². The third-order valence-corrected chi connectivity index (χ3v) is 5.19. The van der Waals surface area contributed by atoms with Crippen molar-refractivity contribution in [3.05, 3.63) is 29.8 Å². The highest BCUT2D eigenvalue weighted by atomic mass is 16.5. The first kappa shape index (κ1) is 24.4. The second kappa shape index (κ2) is 11.6. The molecule has 0 spiro atoms. The fourth-order valence-corrected chi connectivity index (χ4v) is 3.70. The predicted molar refractivity (Wildman–Crippen MR) is 126 cm³/mol. The van der Waals surface area contributed by atoms with Crippen LogP contribution in [0.4, 0.5) is 5.82 Å². The van der Waals surface area contributed by atoms with Crippen molar-refractivity contribution >= 4 is 11.7 Å². The zero-order chi connectivity index (χ0) is 23.8. The average molecular weight is 459 g/mol. The number of carbonyl (C=O) groups excluding carboxylic acids is 1. The van der Waals surface area contributed by atoms with E-state index >= 15 is 0 Å². The Balaban J connectivity index is 1.76. The summed E-state index contributed by atoms with van der Waals surface area (Å²) in [6, 6.07) is 7.13. The van der Waals surface area contributed by atoms with E-state index in [-0.39, 0.29) is 12.0 Å². The van der Waals surface area contributed by atoms with E-state index in [0.717, 1.165) is 18.7 Å². The number of ether oxygens (including phenoxy) is 4. The van der Waals surface area contributed by atoms with E-state index in [1.807, 2.05) is 45.8 Å². The number of nitrogens with zero attached hydrogens (tertiary/aromatic N) is 4. The van der Waals surface area contributed by atoms with Gasteiger partial charge in [0, 0.05) is 32.3 Å². The number of carbonyl (C=O) groups is 1. The molecule has 1 aromatic heterocycles. The normalized spacial score (nSPS) is 15.7. The lowest BCUT2D eigenvalue weighted by molar-refractivity contribution is 0.0525. The number of amides is 1. The Labute approximate surface area is 195 Å². The molecule has 0 radical (unpaired) electrons. The zero-order valence-corrected chi connectivity index (χ0v) is 20.2. The molecule has 1 unspecified atom stereocenters. The Kier molecular flexibility index (Phi) is 8.57. The number of hydrogen-bond donors (Lipinski definition) is 0. The molecular formula is C24H34N4O5. The van der Waals surface area contributed by atoms with Gasteiger partial charge in [0.2, 0.25) is 11.6 Å². The van der Waals surface area contributed by atoms with Crippen molar-refractivity contribution in [3.8, 4) is 23.1 Å². The number of hydrogen-bond acceptors (Lipinski definition) is 8. The van der Waals surface area contributed by atoms with Crippen LogP contribution in [-0.2, 0) is 0 Å². The van der Waals surface area contributed by atoms with Gasteiger partial charge in [0.05, 0.1) is 26.4 Å². The molecule has 1 aromatic carbocycles. The quantitative estimate of drug-likeness (QED) is 0.535.